The van der Waals surface area contributed by atoms with Crippen LogP contribution in [-0.4, -0.2) is 31.4 Å². The molecule has 1 amide bonds. The molecular weight excluding hydrogens is 430 g/mol. The van der Waals surface area contributed by atoms with Crippen LogP contribution in [0.5, 0.6) is 0 Å². The predicted octanol–water partition coefficient (Wildman–Crippen LogP) is 4.83. The van der Waals surface area contributed by atoms with Gasteiger partial charge in [0.1, 0.15) is 5.82 Å². The van der Waals surface area contributed by atoms with Crippen LogP contribution in [0.15, 0.2) is 90.3 Å². The number of rotatable bonds is 11. The summed E-state index contributed by atoms with van der Waals surface area (Å²) in [6.45, 7) is 0.542. The van der Waals surface area contributed by atoms with Crippen LogP contribution < -0.4 is 5.32 Å². The maximum atomic E-state index is 12.1. The topological polar surface area (TPSA) is 72.7 Å². The first-order valence-corrected chi connectivity index (χ1v) is 12.1. The molecule has 4 rings (SSSR count). The fourth-order valence-electron chi connectivity index (χ4n) is 3.46. The molecule has 0 atom stereocenters. The zero-order valence-corrected chi connectivity index (χ0v) is 19.2. The molecule has 4 aromatic rings. The fourth-order valence-corrected chi connectivity index (χ4v) is 4.43. The minimum absolute atomic E-state index is 0.0782. The number of aromatic nitrogens is 4. The average Bonchev–Trinajstić information content (AvgIpc) is 3.26. The van der Waals surface area contributed by atoms with Crippen molar-refractivity contribution in [2.75, 3.05) is 5.75 Å². The first-order chi connectivity index (χ1) is 16.3. The lowest BCUT2D eigenvalue weighted by Crippen LogP contribution is -2.22. The van der Waals surface area contributed by atoms with Crippen LogP contribution in [0.25, 0.3) is 5.69 Å². The molecule has 0 fully saturated rings. The maximum Gasteiger partial charge on any atom is 0.220 e. The molecule has 1 N–H and O–H groups in total. The molecule has 2 heterocycles. The predicted molar refractivity (Wildman–Crippen MR) is 131 cm³/mol. The van der Waals surface area contributed by atoms with Crippen LogP contribution in [0.4, 0.5) is 0 Å². The molecule has 168 valence electrons. The molecular formula is C26H27N5OS. The highest BCUT2D eigenvalue weighted by Crippen LogP contribution is 2.24. The first-order valence-electron chi connectivity index (χ1n) is 11.1. The summed E-state index contributed by atoms with van der Waals surface area (Å²) in [7, 11) is 0. The van der Waals surface area contributed by atoms with Gasteiger partial charge in [0.25, 0.3) is 0 Å². The molecule has 6 nitrogen and oxygen atoms in total. The van der Waals surface area contributed by atoms with E-state index in [0.29, 0.717) is 13.0 Å². The molecule has 0 radical (unpaired) electrons. The Balaban J connectivity index is 1.30. The number of nitrogens with zero attached hydrogens (tertiary/aromatic N) is 4. The molecule has 0 aliphatic rings. The van der Waals surface area contributed by atoms with Crippen molar-refractivity contribution in [3.05, 3.63) is 102 Å². The molecule has 33 heavy (non-hydrogen) atoms. The number of nitrogens with one attached hydrogen (secondary N) is 1. The molecule has 0 bridgehead atoms. The molecule has 0 spiro atoms. The number of hydrogen-bond acceptors (Lipinski definition) is 5. The summed E-state index contributed by atoms with van der Waals surface area (Å²) in [5.41, 5.74) is 3.32. The normalized spacial score (nSPS) is 10.8. The summed E-state index contributed by atoms with van der Waals surface area (Å²) >= 11 is 1.69. The van der Waals surface area contributed by atoms with Gasteiger partial charge in [-0.2, -0.15) is 0 Å². The Labute approximate surface area is 198 Å². The first kappa shape index (κ1) is 22.7. The van der Waals surface area contributed by atoms with E-state index in [0.717, 1.165) is 47.2 Å². The number of pyridine rings is 1. The second-order valence-corrected chi connectivity index (χ2v) is 8.73. The van der Waals surface area contributed by atoms with Gasteiger partial charge in [0.15, 0.2) is 5.16 Å². The summed E-state index contributed by atoms with van der Waals surface area (Å²) in [5.74, 6) is 1.88. The molecule has 2 aromatic heterocycles. The standard InChI is InChI=1S/C26H27N5OS/c32-25(28-20-22-14-16-27-17-15-22)13-7-8-18-33-26-30-29-24(19-21-9-3-1-4-10-21)31(26)23-11-5-2-6-12-23/h1-6,9-12,14-17H,7-8,13,18-20H2,(H,28,32). The van der Waals surface area contributed by atoms with E-state index in [1.165, 1.54) is 5.56 Å². The van der Waals surface area contributed by atoms with Crippen molar-refractivity contribution in [1.29, 1.82) is 0 Å². The number of benzene rings is 2. The van der Waals surface area contributed by atoms with Crippen LogP contribution in [0.3, 0.4) is 0 Å². The lowest BCUT2D eigenvalue weighted by Gasteiger charge is -2.10. The average molecular weight is 458 g/mol. The van der Waals surface area contributed by atoms with Gasteiger partial charge < -0.3 is 5.32 Å². The highest BCUT2D eigenvalue weighted by atomic mass is 32.2. The van der Waals surface area contributed by atoms with Crippen molar-refractivity contribution in [2.24, 2.45) is 0 Å². The number of carbonyl (C=O) groups excluding carboxylic acids is 1. The van der Waals surface area contributed by atoms with Gasteiger partial charge in [-0.15, -0.1) is 10.2 Å². The van der Waals surface area contributed by atoms with Crippen molar-refractivity contribution in [2.45, 2.75) is 37.4 Å². The van der Waals surface area contributed by atoms with Crippen LogP contribution >= 0.6 is 11.8 Å². The SMILES string of the molecule is O=C(CCCCSc1nnc(Cc2ccccc2)n1-c1ccccc1)NCc1ccncc1. The summed E-state index contributed by atoms with van der Waals surface area (Å²) in [4.78, 5) is 16.1. The smallest absolute Gasteiger partial charge is 0.220 e. The third-order valence-corrected chi connectivity index (χ3v) is 6.20. The van der Waals surface area contributed by atoms with E-state index in [9.17, 15) is 4.79 Å². The van der Waals surface area contributed by atoms with Crippen LogP contribution in [0.1, 0.15) is 36.2 Å². The van der Waals surface area contributed by atoms with E-state index in [1.54, 1.807) is 24.2 Å². The summed E-state index contributed by atoms with van der Waals surface area (Å²) in [6.07, 6.45) is 6.49. The van der Waals surface area contributed by atoms with E-state index in [2.05, 4.69) is 49.3 Å². The van der Waals surface area contributed by atoms with Crippen molar-refractivity contribution in [3.63, 3.8) is 0 Å². The summed E-state index contributed by atoms with van der Waals surface area (Å²) in [6, 6.07) is 24.4. The minimum Gasteiger partial charge on any atom is -0.352 e. The van der Waals surface area contributed by atoms with Gasteiger partial charge in [-0.1, -0.05) is 60.3 Å². The number of amides is 1. The van der Waals surface area contributed by atoms with E-state index < -0.39 is 0 Å². The van der Waals surface area contributed by atoms with E-state index in [1.807, 2.05) is 48.5 Å². The summed E-state index contributed by atoms with van der Waals surface area (Å²) in [5, 5.41) is 12.8. The van der Waals surface area contributed by atoms with E-state index >= 15 is 0 Å². The van der Waals surface area contributed by atoms with Crippen LogP contribution in [0.2, 0.25) is 0 Å². The molecule has 0 saturated heterocycles. The van der Waals surface area contributed by atoms with Crippen LogP contribution in [0, 0.1) is 0 Å². The van der Waals surface area contributed by atoms with Gasteiger partial charge >= 0.3 is 0 Å². The van der Waals surface area contributed by atoms with E-state index in [4.69, 9.17) is 0 Å². The highest BCUT2D eigenvalue weighted by Gasteiger charge is 2.15. The minimum atomic E-state index is 0.0782. The van der Waals surface area contributed by atoms with Gasteiger partial charge in [0, 0.05) is 43.2 Å². The number of thioether (sulfide) groups is 1. The lowest BCUT2D eigenvalue weighted by molar-refractivity contribution is -0.121. The Hall–Kier alpha value is -3.45. The van der Waals surface area contributed by atoms with Crippen molar-refractivity contribution >= 4 is 17.7 Å². The van der Waals surface area contributed by atoms with Gasteiger partial charge in [0.05, 0.1) is 0 Å². The lowest BCUT2D eigenvalue weighted by atomic mass is 10.1. The van der Waals surface area contributed by atoms with Gasteiger partial charge in [-0.3, -0.25) is 14.3 Å². The molecule has 2 aromatic carbocycles. The van der Waals surface area contributed by atoms with Crippen molar-refractivity contribution in [1.82, 2.24) is 25.1 Å². The number of carbonyl (C=O) groups is 1. The monoisotopic (exact) mass is 457 g/mol. The largest absolute Gasteiger partial charge is 0.352 e. The zero-order valence-electron chi connectivity index (χ0n) is 18.4. The molecule has 0 aliphatic carbocycles. The van der Waals surface area contributed by atoms with Crippen LogP contribution in [-0.2, 0) is 17.8 Å². The third-order valence-electron chi connectivity index (χ3n) is 5.19. The van der Waals surface area contributed by atoms with Crippen molar-refractivity contribution in [3.8, 4) is 5.69 Å². The van der Waals surface area contributed by atoms with Crippen molar-refractivity contribution < 1.29 is 4.79 Å². The Morgan fingerprint density at radius 1 is 0.848 bits per heavy atom. The quantitative estimate of drug-likeness (QED) is 0.258. The maximum absolute atomic E-state index is 12.1. The Kier molecular flexibility index (Phi) is 8.25. The third kappa shape index (κ3) is 6.76. The zero-order chi connectivity index (χ0) is 22.7. The van der Waals surface area contributed by atoms with Gasteiger partial charge in [-0.25, -0.2) is 0 Å². The fraction of sp³-hybridized carbons (Fsp3) is 0.231. The molecule has 0 unspecified atom stereocenters. The molecule has 7 heteroatoms. The number of hydrogen-bond donors (Lipinski definition) is 1. The Morgan fingerprint density at radius 2 is 1.58 bits per heavy atom. The summed E-state index contributed by atoms with van der Waals surface area (Å²) < 4.78 is 2.14. The highest BCUT2D eigenvalue weighted by molar-refractivity contribution is 7.99. The Morgan fingerprint density at radius 3 is 2.33 bits per heavy atom. The number of unbranched alkanes of at least 4 members (excludes halogenated alkanes) is 1. The Bertz CT molecular complexity index is 1130. The molecule has 0 aliphatic heterocycles. The second kappa shape index (κ2) is 12.0. The van der Waals surface area contributed by atoms with E-state index in [-0.39, 0.29) is 5.91 Å². The van der Waals surface area contributed by atoms with Gasteiger partial charge in [-0.05, 0) is 48.2 Å². The second-order valence-electron chi connectivity index (χ2n) is 7.67. The van der Waals surface area contributed by atoms with Gasteiger partial charge in [0.2, 0.25) is 5.91 Å². The number of para-hydroxylation sites is 1. The molecule has 0 saturated carbocycles.